The van der Waals surface area contributed by atoms with E-state index in [0.29, 0.717) is 0 Å². The molecule has 0 heterocycles. The van der Waals surface area contributed by atoms with E-state index in [4.69, 9.17) is 5.73 Å². The second-order valence-electron chi connectivity index (χ2n) is 4.15. The van der Waals surface area contributed by atoms with Gasteiger partial charge in [-0.1, -0.05) is 13.8 Å². The fourth-order valence-corrected chi connectivity index (χ4v) is 2.43. The van der Waals surface area contributed by atoms with Gasteiger partial charge in [-0.25, -0.2) is 0 Å². The number of hydrogen-bond donors (Lipinski definition) is 1. The number of benzene rings is 1. The molecule has 0 aliphatic carbocycles. The minimum absolute atomic E-state index is 0.851. The van der Waals surface area contributed by atoms with Gasteiger partial charge < -0.3 is 10.6 Å². The van der Waals surface area contributed by atoms with Crippen LogP contribution in [0.15, 0.2) is 16.6 Å². The van der Waals surface area contributed by atoms with E-state index in [-0.39, 0.29) is 0 Å². The third kappa shape index (κ3) is 3.14. The molecule has 1 aromatic carbocycles. The Morgan fingerprint density at radius 1 is 1.19 bits per heavy atom. The molecule has 0 spiro atoms. The summed E-state index contributed by atoms with van der Waals surface area (Å²) in [6.07, 6.45) is 2.33. The van der Waals surface area contributed by atoms with Gasteiger partial charge >= 0.3 is 0 Å². The van der Waals surface area contributed by atoms with Crippen LogP contribution in [0.25, 0.3) is 0 Å². The molecule has 0 fully saturated rings. The highest BCUT2D eigenvalue weighted by Crippen LogP contribution is 2.31. The molecule has 1 aromatic rings. The summed E-state index contributed by atoms with van der Waals surface area (Å²) in [5.74, 6) is 0. The Morgan fingerprint density at radius 2 is 1.75 bits per heavy atom. The number of rotatable bonds is 5. The number of nitrogen functional groups attached to an aromatic ring is 1. The van der Waals surface area contributed by atoms with E-state index in [2.05, 4.69) is 47.7 Å². The first kappa shape index (κ1) is 13.4. The minimum atomic E-state index is 0.851. The lowest BCUT2D eigenvalue weighted by Crippen LogP contribution is -2.25. The summed E-state index contributed by atoms with van der Waals surface area (Å²) in [4.78, 5) is 2.41. The summed E-state index contributed by atoms with van der Waals surface area (Å²) in [5, 5.41) is 0. The quantitative estimate of drug-likeness (QED) is 0.829. The minimum Gasteiger partial charge on any atom is -0.398 e. The Kier molecular flexibility index (Phi) is 5.13. The van der Waals surface area contributed by atoms with Gasteiger partial charge in [0.1, 0.15) is 0 Å². The van der Waals surface area contributed by atoms with Crippen LogP contribution in [0.5, 0.6) is 0 Å². The maximum Gasteiger partial charge on any atom is 0.0514 e. The molecule has 0 aliphatic heterocycles. The van der Waals surface area contributed by atoms with Crippen molar-refractivity contribution in [1.29, 1.82) is 0 Å². The van der Waals surface area contributed by atoms with E-state index in [1.165, 1.54) is 5.69 Å². The molecule has 0 saturated carbocycles. The smallest absolute Gasteiger partial charge is 0.0514 e. The molecule has 0 bridgehead atoms. The highest BCUT2D eigenvalue weighted by Gasteiger charge is 2.10. The summed E-state index contributed by atoms with van der Waals surface area (Å²) in [7, 11) is 0. The zero-order chi connectivity index (χ0) is 12.1. The number of nitrogens with zero attached hydrogens (tertiary/aromatic N) is 1. The molecule has 1 rings (SSSR count). The van der Waals surface area contributed by atoms with E-state index in [1.54, 1.807) is 0 Å². The third-order valence-corrected chi connectivity index (χ3v) is 3.30. The largest absolute Gasteiger partial charge is 0.398 e. The first-order chi connectivity index (χ1) is 7.60. The fraction of sp³-hybridized carbons (Fsp3) is 0.538. The SMILES string of the molecule is CCCN(CCC)c1cc(C)c(N)cc1Br. The maximum absolute atomic E-state index is 5.89. The van der Waals surface area contributed by atoms with Crippen molar-refractivity contribution in [2.75, 3.05) is 23.7 Å². The third-order valence-electron chi connectivity index (χ3n) is 2.66. The van der Waals surface area contributed by atoms with Crippen LogP contribution in [0, 0.1) is 6.92 Å². The van der Waals surface area contributed by atoms with Gasteiger partial charge in [0.25, 0.3) is 0 Å². The average molecular weight is 285 g/mol. The molecule has 2 N–H and O–H groups in total. The predicted molar refractivity (Wildman–Crippen MR) is 76.1 cm³/mol. The summed E-state index contributed by atoms with van der Waals surface area (Å²) in [5.41, 5.74) is 9.15. The average Bonchev–Trinajstić information content (AvgIpc) is 2.23. The topological polar surface area (TPSA) is 29.3 Å². The summed E-state index contributed by atoms with van der Waals surface area (Å²) in [6, 6.07) is 4.17. The number of anilines is 2. The number of hydrogen-bond acceptors (Lipinski definition) is 2. The molecule has 0 amide bonds. The second-order valence-corrected chi connectivity index (χ2v) is 5.00. The standard InChI is InChI=1S/C13H21BrN2/c1-4-6-16(7-5-2)13-8-10(3)12(15)9-11(13)14/h8-9H,4-7,15H2,1-3H3. The molecule has 90 valence electrons. The Hall–Kier alpha value is -0.700. The molecule has 2 nitrogen and oxygen atoms in total. The first-order valence-corrected chi connectivity index (χ1v) is 6.70. The van der Waals surface area contributed by atoms with E-state index < -0.39 is 0 Å². The highest BCUT2D eigenvalue weighted by atomic mass is 79.9. The van der Waals surface area contributed by atoms with Gasteiger partial charge in [0, 0.05) is 23.2 Å². The molecular weight excluding hydrogens is 264 g/mol. The second kappa shape index (κ2) is 6.14. The van der Waals surface area contributed by atoms with E-state index in [1.807, 2.05) is 6.07 Å². The lowest BCUT2D eigenvalue weighted by molar-refractivity contribution is 0.743. The van der Waals surface area contributed by atoms with Crippen LogP contribution in [0.4, 0.5) is 11.4 Å². The van der Waals surface area contributed by atoms with Crippen LogP contribution in [-0.2, 0) is 0 Å². The van der Waals surface area contributed by atoms with E-state index >= 15 is 0 Å². The molecule has 16 heavy (non-hydrogen) atoms. The van der Waals surface area contributed by atoms with Gasteiger partial charge in [-0.05, 0) is 53.4 Å². The van der Waals surface area contributed by atoms with Gasteiger partial charge in [0.15, 0.2) is 0 Å². The number of aryl methyl sites for hydroxylation is 1. The van der Waals surface area contributed by atoms with Crippen molar-refractivity contribution >= 4 is 27.3 Å². The summed E-state index contributed by atoms with van der Waals surface area (Å²) < 4.78 is 1.09. The van der Waals surface area contributed by atoms with Crippen molar-refractivity contribution in [1.82, 2.24) is 0 Å². The Morgan fingerprint density at radius 3 is 2.25 bits per heavy atom. The van der Waals surface area contributed by atoms with Crippen molar-refractivity contribution in [3.63, 3.8) is 0 Å². The van der Waals surface area contributed by atoms with Gasteiger partial charge in [0.2, 0.25) is 0 Å². The zero-order valence-corrected chi connectivity index (χ0v) is 12.0. The van der Waals surface area contributed by atoms with Crippen molar-refractivity contribution in [3.05, 3.63) is 22.2 Å². The molecule has 0 aromatic heterocycles. The van der Waals surface area contributed by atoms with Crippen LogP contribution in [-0.4, -0.2) is 13.1 Å². The van der Waals surface area contributed by atoms with Crippen molar-refractivity contribution < 1.29 is 0 Å². The van der Waals surface area contributed by atoms with Crippen LogP contribution < -0.4 is 10.6 Å². The van der Waals surface area contributed by atoms with Crippen LogP contribution >= 0.6 is 15.9 Å². The lowest BCUT2D eigenvalue weighted by atomic mass is 10.1. The van der Waals surface area contributed by atoms with E-state index in [9.17, 15) is 0 Å². The first-order valence-electron chi connectivity index (χ1n) is 5.90. The van der Waals surface area contributed by atoms with Gasteiger partial charge in [0.05, 0.1) is 5.69 Å². The van der Waals surface area contributed by atoms with Crippen LogP contribution in [0.1, 0.15) is 32.3 Å². The zero-order valence-electron chi connectivity index (χ0n) is 10.4. The van der Waals surface area contributed by atoms with Gasteiger partial charge in [-0.2, -0.15) is 0 Å². The summed E-state index contributed by atoms with van der Waals surface area (Å²) >= 11 is 3.60. The predicted octanol–water partition coefficient (Wildman–Crippen LogP) is 3.97. The Labute approximate surface area is 107 Å². The Bertz CT molecular complexity index is 344. The van der Waals surface area contributed by atoms with Crippen LogP contribution in [0.2, 0.25) is 0 Å². The van der Waals surface area contributed by atoms with Crippen molar-refractivity contribution in [2.45, 2.75) is 33.6 Å². The number of halogens is 1. The monoisotopic (exact) mass is 284 g/mol. The summed E-state index contributed by atoms with van der Waals surface area (Å²) in [6.45, 7) is 8.66. The molecular formula is C13H21BrN2. The molecule has 0 atom stereocenters. The molecule has 0 aliphatic rings. The maximum atomic E-state index is 5.89. The van der Waals surface area contributed by atoms with Crippen LogP contribution in [0.3, 0.4) is 0 Å². The highest BCUT2D eigenvalue weighted by molar-refractivity contribution is 9.10. The fourth-order valence-electron chi connectivity index (χ4n) is 1.82. The molecule has 3 heteroatoms. The number of nitrogens with two attached hydrogens (primary N) is 1. The van der Waals surface area contributed by atoms with Crippen molar-refractivity contribution in [3.8, 4) is 0 Å². The Balaban J connectivity index is 3.03. The van der Waals surface area contributed by atoms with Crippen molar-refractivity contribution in [2.24, 2.45) is 0 Å². The van der Waals surface area contributed by atoms with Gasteiger partial charge in [-0.3, -0.25) is 0 Å². The molecule has 0 saturated heterocycles. The lowest BCUT2D eigenvalue weighted by Gasteiger charge is -2.25. The van der Waals surface area contributed by atoms with E-state index in [0.717, 1.165) is 41.7 Å². The normalized spacial score (nSPS) is 10.5. The molecule has 0 unspecified atom stereocenters. The van der Waals surface area contributed by atoms with Gasteiger partial charge in [-0.15, -0.1) is 0 Å². The molecule has 0 radical (unpaired) electrons.